The first-order valence-electron chi connectivity index (χ1n) is 6.74. The zero-order chi connectivity index (χ0) is 14.1. The molecule has 1 N–H and O–H groups in total. The Morgan fingerprint density at radius 2 is 1.43 bits per heavy atom. The number of nitrogens with zero attached hydrogens (tertiary/aromatic N) is 3. The van der Waals surface area contributed by atoms with Gasteiger partial charge >= 0.3 is 0 Å². The van der Waals surface area contributed by atoms with Gasteiger partial charge in [-0.3, -0.25) is 5.10 Å². The van der Waals surface area contributed by atoms with Crippen molar-refractivity contribution in [2.24, 2.45) is 0 Å². The van der Waals surface area contributed by atoms with Crippen molar-refractivity contribution >= 4 is 11.2 Å². The topological polar surface area (TPSA) is 54.5 Å². The van der Waals surface area contributed by atoms with E-state index in [0.29, 0.717) is 5.65 Å². The van der Waals surface area contributed by atoms with Crippen LogP contribution in [0.25, 0.3) is 33.7 Å². The fourth-order valence-electron chi connectivity index (χ4n) is 2.35. The average molecular weight is 272 g/mol. The Kier molecular flexibility index (Phi) is 2.71. The van der Waals surface area contributed by atoms with E-state index in [1.165, 1.54) is 0 Å². The molecular formula is C17H12N4. The number of benzene rings is 2. The predicted molar refractivity (Wildman–Crippen MR) is 82.6 cm³/mol. The first kappa shape index (κ1) is 11.8. The average Bonchev–Trinajstić information content (AvgIpc) is 2.99. The summed E-state index contributed by atoms with van der Waals surface area (Å²) in [6.07, 6.45) is 1.76. The lowest BCUT2D eigenvalue weighted by atomic mass is 10.1. The van der Waals surface area contributed by atoms with Crippen LogP contribution in [0.15, 0.2) is 66.9 Å². The van der Waals surface area contributed by atoms with Gasteiger partial charge < -0.3 is 0 Å². The van der Waals surface area contributed by atoms with Crippen molar-refractivity contribution in [3.05, 3.63) is 66.9 Å². The second-order valence-corrected chi connectivity index (χ2v) is 4.76. The predicted octanol–water partition coefficient (Wildman–Crippen LogP) is 3.69. The van der Waals surface area contributed by atoms with E-state index in [0.717, 1.165) is 28.0 Å². The number of aromatic amines is 1. The van der Waals surface area contributed by atoms with Crippen LogP contribution in [-0.2, 0) is 0 Å². The number of hydrogen-bond donors (Lipinski definition) is 1. The van der Waals surface area contributed by atoms with Crippen LogP contribution in [-0.4, -0.2) is 20.2 Å². The minimum Gasteiger partial charge on any atom is -0.273 e. The zero-order valence-corrected chi connectivity index (χ0v) is 11.2. The normalized spacial score (nSPS) is 10.9. The van der Waals surface area contributed by atoms with Gasteiger partial charge in [-0.2, -0.15) is 5.10 Å². The maximum absolute atomic E-state index is 4.73. The van der Waals surface area contributed by atoms with E-state index >= 15 is 0 Å². The molecule has 0 atom stereocenters. The number of fused-ring (bicyclic) bond motifs is 1. The van der Waals surface area contributed by atoms with Crippen LogP contribution in [0.2, 0.25) is 0 Å². The van der Waals surface area contributed by atoms with E-state index in [4.69, 9.17) is 4.98 Å². The molecule has 0 aliphatic carbocycles. The monoisotopic (exact) mass is 272 g/mol. The van der Waals surface area contributed by atoms with Crippen LogP contribution in [0.5, 0.6) is 0 Å². The van der Waals surface area contributed by atoms with Gasteiger partial charge in [0.1, 0.15) is 5.52 Å². The fourth-order valence-corrected chi connectivity index (χ4v) is 2.35. The van der Waals surface area contributed by atoms with Crippen molar-refractivity contribution < 1.29 is 0 Å². The molecule has 0 aliphatic heterocycles. The van der Waals surface area contributed by atoms with Gasteiger partial charge in [0, 0.05) is 11.1 Å². The molecule has 0 unspecified atom stereocenters. The number of hydrogen-bond acceptors (Lipinski definition) is 3. The van der Waals surface area contributed by atoms with Gasteiger partial charge in [-0.1, -0.05) is 60.7 Å². The number of rotatable bonds is 2. The molecule has 21 heavy (non-hydrogen) atoms. The van der Waals surface area contributed by atoms with Crippen LogP contribution in [0.4, 0.5) is 0 Å². The van der Waals surface area contributed by atoms with Gasteiger partial charge in [0.25, 0.3) is 0 Å². The van der Waals surface area contributed by atoms with Crippen molar-refractivity contribution in [2.45, 2.75) is 0 Å². The Morgan fingerprint density at radius 3 is 2.14 bits per heavy atom. The van der Waals surface area contributed by atoms with Crippen LogP contribution >= 0.6 is 0 Å². The molecular weight excluding hydrogens is 260 g/mol. The zero-order valence-electron chi connectivity index (χ0n) is 11.2. The largest absolute Gasteiger partial charge is 0.273 e. The van der Waals surface area contributed by atoms with E-state index in [1.807, 2.05) is 60.7 Å². The highest BCUT2D eigenvalue weighted by molar-refractivity contribution is 5.88. The fraction of sp³-hybridized carbons (Fsp3) is 0. The first-order chi connectivity index (χ1) is 10.4. The molecule has 4 rings (SSSR count). The van der Waals surface area contributed by atoms with Crippen molar-refractivity contribution in [3.8, 4) is 22.5 Å². The molecule has 0 amide bonds. The Morgan fingerprint density at radius 1 is 0.762 bits per heavy atom. The van der Waals surface area contributed by atoms with Gasteiger partial charge in [0.15, 0.2) is 5.65 Å². The van der Waals surface area contributed by atoms with Crippen LogP contribution < -0.4 is 0 Å². The van der Waals surface area contributed by atoms with Crippen molar-refractivity contribution in [1.29, 1.82) is 0 Å². The van der Waals surface area contributed by atoms with E-state index in [2.05, 4.69) is 15.2 Å². The second kappa shape index (κ2) is 4.83. The summed E-state index contributed by atoms with van der Waals surface area (Å²) in [5.74, 6) is 0. The SMILES string of the molecule is c1ccc(-c2cnc3n[nH]c(-c4ccccc4)c3n2)cc1. The van der Waals surface area contributed by atoms with Gasteiger partial charge in [-0.15, -0.1) is 0 Å². The molecule has 0 aliphatic rings. The Labute approximate surface area is 121 Å². The summed E-state index contributed by atoms with van der Waals surface area (Å²) in [6.45, 7) is 0. The van der Waals surface area contributed by atoms with Crippen LogP contribution in [0.3, 0.4) is 0 Å². The second-order valence-electron chi connectivity index (χ2n) is 4.76. The Balaban J connectivity index is 1.91. The molecule has 0 spiro atoms. The van der Waals surface area contributed by atoms with Crippen LogP contribution in [0, 0.1) is 0 Å². The third-order valence-electron chi connectivity index (χ3n) is 3.40. The summed E-state index contributed by atoms with van der Waals surface area (Å²) < 4.78 is 0. The van der Waals surface area contributed by atoms with Crippen molar-refractivity contribution in [2.75, 3.05) is 0 Å². The van der Waals surface area contributed by atoms with E-state index in [1.54, 1.807) is 6.20 Å². The summed E-state index contributed by atoms with van der Waals surface area (Å²) in [7, 11) is 0. The summed E-state index contributed by atoms with van der Waals surface area (Å²) in [5.41, 5.74) is 5.28. The van der Waals surface area contributed by atoms with E-state index in [-0.39, 0.29) is 0 Å². The highest BCUT2D eigenvalue weighted by Gasteiger charge is 2.11. The van der Waals surface area contributed by atoms with Crippen molar-refractivity contribution in [3.63, 3.8) is 0 Å². The van der Waals surface area contributed by atoms with Gasteiger partial charge in [-0.25, -0.2) is 9.97 Å². The lowest BCUT2D eigenvalue weighted by molar-refractivity contribution is 1.10. The van der Waals surface area contributed by atoms with Gasteiger partial charge in [-0.05, 0) is 0 Å². The molecule has 0 saturated heterocycles. The number of aromatic nitrogens is 4. The third-order valence-corrected chi connectivity index (χ3v) is 3.40. The maximum atomic E-state index is 4.73. The molecule has 4 nitrogen and oxygen atoms in total. The molecule has 4 aromatic rings. The molecule has 0 saturated carbocycles. The molecule has 0 radical (unpaired) electrons. The summed E-state index contributed by atoms with van der Waals surface area (Å²) in [4.78, 5) is 9.12. The summed E-state index contributed by atoms with van der Waals surface area (Å²) in [5, 5.41) is 7.26. The van der Waals surface area contributed by atoms with E-state index < -0.39 is 0 Å². The maximum Gasteiger partial charge on any atom is 0.200 e. The molecule has 2 aromatic heterocycles. The minimum absolute atomic E-state index is 0.633. The Hall–Kier alpha value is -3.01. The highest BCUT2D eigenvalue weighted by Crippen LogP contribution is 2.25. The number of H-pyrrole nitrogens is 1. The molecule has 100 valence electrons. The minimum atomic E-state index is 0.633. The first-order valence-corrected chi connectivity index (χ1v) is 6.74. The lowest BCUT2D eigenvalue weighted by Crippen LogP contribution is -1.88. The third kappa shape index (κ3) is 2.07. The smallest absolute Gasteiger partial charge is 0.200 e. The molecule has 4 heteroatoms. The number of nitrogens with one attached hydrogen (secondary N) is 1. The molecule has 0 bridgehead atoms. The molecule has 2 aromatic carbocycles. The highest BCUT2D eigenvalue weighted by atomic mass is 15.2. The molecule has 0 fully saturated rings. The van der Waals surface area contributed by atoms with E-state index in [9.17, 15) is 0 Å². The molecule has 2 heterocycles. The van der Waals surface area contributed by atoms with Gasteiger partial charge in [0.05, 0.1) is 17.6 Å². The van der Waals surface area contributed by atoms with Gasteiger partial charge in [0.2, 0.25) is 0 Å². The van der Waals surface area contributed by atoms with Crippen molar-refractivity contribution in [1.82, 2.24) is 20.2 Å². The summed E-state index contributed by atoms with van der Waals surface area (Å²) in [6, 6.07) is 20.1. The standard InChI is InChI=1S/C17H12N4/c1-3-7-12(8-4-1)14-11-18-17-16(19-14)15(20-21-17)13-9-5-2-6-10-13/h1-11H,(H,18,20,21). The lowest BCUT2D eigenvalue weighted by Gasteiger charge is -2.01. The van der Waals surface area contributed by atoms with Crippen LogP contribution in [0.1, 0.15) is 0 Å². The Bertz CT molecular complexity index is 882. The summed E-state index contributed by atoms with van der Waals surface area (Å²) >= 11 is 0. The quantitative estimate of drug-likeness (QED) is 0.605.